The Bertz CT molecular complexity index is 661. The van der Waals surface area contributed by atoms with Gasteiger partial charge in [-0.15, -0.1) is 0 Å². The number of nitrogens with zero attached hydrogens (tertiary/aromatic N) is 1. The molecule has 0 unspecified atom stereocenters. The zero-order chi connectivity index (χ0) is 15.4. The molecule has 2 N–H and O–H groups in total. The number of hydroxylamine groups is 2. The number of aromatic nitrogens is 1. The monoisotopic (exact) mass is 292 g/mol. The third-order valence-electron chi connectivity index (χ3n) is 3.75. The van der Waals surface area contributed by atoms with Gasteiger partial charge >= 0.3 is 0 Å². The second kappa shape index (κ2) is 6.83. The van der Waals surface area contributed by atoms with Gasteiger partial charge < -0.3 is 10.2 Å². The van der Waals surface area contributed by atoms with Crippen molar-refractivity contribution < 1.29 is 9.60 Å². The van der Waals surface area contributed by atoms with Crippen molar-refractivity contribution in [3.8, 4) is 0 Å². The number of piperidine rings is 1. The average Bonchev–Trinajstić information content (AvgIpc) is 2.49. The fourth-order valence-corrected chi connectivity index (χ4v) is 2.67. The molecule has 1 fully saturated rings. The van der Waals surface area contributed by atoms with Crippen LogP contribution in [-0.2, 0) is 0 Å². The Morgan fingerprint density at radius 2 is 1.90 bits per heavy atom. The lowest BCUT2D eigenvalue weighted by atomic mass is 9.90. The predicted molar refractivity (Wildman–Crippen MR) is 81.2 cm³/mol. The van der Waals surface area contributed by atoms with Crippen molar-refractivity contribution in [1.82, 2.24) is 10.0 Å². The van der Waals surface area contributed by atoms with Crippen LogP contribution in [0.4, 0.5) is 4.39 Å². The molecule has 0 spiro atoms. The van der Waals surface area contributed by atoms with Crippen LogP contribution in [0, 0.1) is 5.82 Å². The third-order valence-corrected chi connectivity index (χ3v) is 3.75. The number of halogens is 1. The first-order chi connectivity index (χ1) is 10.1. The summed E-state index contributed by atoms with van der Waals surface area (Å²) >= 11 is 0. The number of pyridine rings is 1. The van der Waals surface area contributed by atoms with E-state index in [1.54, 1.807) is 6.07 Å². The Balaban J connectivity index is 0.000000774. The number of hydrogen-bond acceptors (Lipinski definition) is 3. The first-order valence-corrected chi connectivity index (χ1v) is 7.40. The van der Waals surface area contributed by atoms with E-state index < -0.39 is 0 Å². The van der Waals surface area contributed by atoms with Gasteiger partial charge in [-0.2, -0.15) is 5.06 Å². The summed E-state index contributed by atoms with van der Waals surface area (Å²) < 4.78 is 13.1. The largest absolute Gasteiger partial charge is 0.322 e. The number of H-pyrrole nitrogens is 1. The van der Waals surface area contributed by atoms with Crippen molar-refractivity contribution in [3.63, 3.8) is 0 Å². The highest BCUT2D eigenvalue weighted by Gasteiger charge is 2.22. The van der Waals surface area contributed by atoms with Crippen molar-refractivity contribution in [2.24, 2.45) is 0 Å². The molecule has 0 atom stereocenters. The van der Waals surface area contributed by atoms with Crippen molar-refractivity contribution in [2.75, 3.05) is 13.1 Å². The summed E-state index contributed by atoms with van der Waals surface area (Å²) in [5.74, 6) is -0.203. The molecule has 2 heterocycles. The average molecular weight is 292 g/mol. The number of fused-ring (bicyclic) bond motifs is 1. The Morgan fingerprint density at radius 1 is 1.24 bits per heavy atom. The van der Waals surface area contributed by atoms with Gasteiger partial charge in [-0.1, -0.05) is 13.8 Å². The summed E-state index contributed by atoms with van der Waals surface area (Å²) in [5, 5.41) is 11.5. The van der Waals surface area contributed by atoms with Gasteiger partial charge in [0.1, 0.15) is 5.82 Å². The maximum absolute atomic E-state index is 13.1. The molecule has 4 nitrogen and oxygen atoms in total. The molecule has 0 amide bonds. The molecule has 0 saturated carbocycles. The van der Waals surface area contributed by atoms with E-state index in [0.717, 1.165) is 23.8 Å². The van der Waals surface area contributed by atoms with Gasteiger partial charge in [0.05, 0.1) is 5.52 Å². The minimum Gasteiger partial charge on any atom is -0.322 e. The highest BCUT2D eigenvalue weighted by Crippen LogP contribution is 2.26. The molecule has 0 aliphatic carbocycles. The van der Waals surface area contributed by atoms with Crippen molar-refractivity contribution >= 4 is 10.9 Å². The van der Waals surface area contributed by atoms with Gasteiger partial charge in [-0.25, -0.2) is 4.39 Å². The molecule has 1 saturated heterocycles. The Labute approximate surface area is 123 Å². The van der Waals surface area contributed by atoms with E-state index in [1.807, 2.05) is 19.9 Å². The van der Waals surface area contributed by atoms with Gasteiger partial charge in [0.15, 0.2) is 0 Å². The van der Waals surface area contributed by atoms with Crippen LogP contribution in [0.15, 0.2) is 29.1 Å². The van der Waals surface area contributed by atoms with E-state index >= 15 is 0 Å². The fourth-order valence-electron chi connectivity index (χ4n) is 2.67. The highest BCUT2D eigenvalue weighted by molar-refractivity contribution is 5.79. The summed E-state index contributed by atoms with van der Waals surface area (Å²) in [4.78, 5) is 14.8. The van der Waals surface area contributed by atoms with E-state index in [-0.39, 0.29) is 17.3 Å². The van der Waals surface area contributed by atoms with Crippen LogP contribution >= 0.6 is 0 Å². The van der Waals surface area contributed by atoms with Crippen LogP contribution in [0.3, 0.4) is 0 Å². The maximum atomic E-state index is 13.1. The van der Waals surface area contributed by atoms with Crippen LogP contribution < -0.4 is 5.56 Å². The second-order valence-electron chi connectivity index (χ2n) is 5.01. The quantitative estimate of drug-likeness (QED) is 0.848. The van der Waals surface area contributed by atoms with Crippen LogP contribution in [0.5, 0.6) is 0 Å². The molecule has 1 aromatic carbocycles. The third kappa shape index (κ3) is 3.49. The number of nitrogens with one attached hydrogen (secondary N) is 1. The van der Waals surface area contributed by atoms with Crippen molar-refractivity contribution in [1.29, 1.82) is 0 Å². The van der Waals surface area contributed by atoms with Gasteiger partial charge in [0, 0.05) is 18.7 Å². The van der Waals surface area contributed by atoms with Crippen LogP contribution in [0.2, 0.25) is 0 Å². The molecule has 21 heavy (non-hydrogen) atoms. The standard InChI is InChI=1S/C14H15FN2O2.C2H6/c15-11-2-1-10-7-12(14(18)16-13(10)8-11)9-3-5-17(19)6-4-9;1-2/h1-2,7-9,19H,3-6H2,(H,16,18);1-2H3. The van der Waals surface area contributed by atoms with E-state index in [1.165, 1.54) is 17.2 Å². The first-order valence-electron chi connectivity index (χ1n) is 7.40. The minimum absolute atomic E-state index is 0.154. The zero-order valence-electron chi connectivity index (χ0n) is 12.4. The van der Waals surface area contributed by atoms with Gasteiger partial charge in [-0.3, -0.25) is 4.79 Å². The maximum Gasteiger partial charge on any atom is 0.251 e. The molecule has 5 heteroatoms. The molecule has 1 aromatic heterocycles. The minimum atomic E-state index is -0.357. The summed E-state index contributed by atoms with van der Waals surface area (Å²) in [6.45, 7) is 5.15. The molecule has 2 aromatic rings. The van der Waals surface area contributed by atoms with E-state index in [0.29, 0.717) is 18.6 Å². The molecular weight excluding hydrogens is 271 g/mol. The topological polar surface area (TPSA) is 56.3 Å². The molecule has 114 valence electrons. The van der Waals surface area contributed by atoms with Crippen LogP contribution in [0.25, 0.3) is 10.9 Å². The zero-order valence-corrected chi connectivity index (χ0v) is 12.4. The summed E-state index contributed by atoms with van der Waals surface area (Å²) in [5.41, 5.74) is 1.09. The molecular formula is C16H21FN2O2. The first kappa shape index (κ1) is 15.7. The molecule has 3 rings (SSSR count). The highest BCUT2D eigenvalue weighted by atomic mass is 19.1. The van der Waals surface area contributed by atoms with Crippen molar-refractivity contribution in [2.45, 2.75) is 32.6 Å². The number of rotatable bonds is 1. The van der Waals surface area contributed by atoms with Crippen molar-refractivity contribution in [3.05, 3.63) is 46.0 Å². The number of benzene rings is 1. The number of hydrogen-bond donors (Lipinski definition) is 2. The summed E-state index contributed by atoms with van der Waals surface area (Å²) in [7, 11) is 0. The normalized spacial score (nSPS) is 16.6. The summed E-state index contributed by atoms with van der Waals surface area (Å²) in [6, 6.07) is 6.23. The molecule has 1 aliphatic rings. The van der Waals surface area contributed by atoms with Gasteiger partial charge in [-0.05, 0) is 48.4 Å². The van der Waals surface area contributed by atoms with Crippen LogP contribution in [0.1, 0.15) is 38.2 Å². The fraction of sp³-hybridized carbons (Fsp3) is 0.438. The Hall–Kier alpha value is -1.72. The molecule has 0 radical (unpaired) electrons. The molecule has 0 bridgehead atoms. The predicted octanol–water partition coefficient (Wildman–Crippen LogP) is 3.26. The Kier molecular flexibility index (Phi) is 5.09. The lowest BCUT2D eigenvalue weighted by Crippen LogP contribution is -2.31. The van der Waals surface area contributed by atoms with Gasteiger partial charge in [0.25, 0.3) is 5.56 Å². The van der Waals surface area contributed by atoms with E-state index in [2.05, 4.69) is 4.98 Å². The lowest BCUT2D eigenvalue weighted by molar-refractivity contribution is -0.106. The Morgan fingerprint density at radius 3 is 2.57 bits per heavy atom. The van der Waals surface area contributed by atoms with Crippen LogP contribution in [-0.4, -0.2) is 28.3 Å². The van der Waals surface area contributed by atoms with E-state index in [9.17, 15) is 14.4 Å². The van der Waals surface area contributed by atoms with Gasteiger partial charge in [0.2, 0.25) is 0 Å². The SMILES string of the molecule is CC.O=c1[nH]c2cc(F)ccc2cc1C1CCN(O)CC1. The lowest BCUT2D eigenvalue weighted by Gasteiger charge is -2.27. The second-order valence-corrected chi connectivity index (χ2v) is 5.01. The van der Waals surface area contributed by atoms with E-state index in [4.69, 9.17) is 0 Å². The molecule has 1 aliphatic heterocycles. The number of aromatic amines is 1. The smallest absolute Gasteiger partial charge is 0.251 e. The summed E-state index contributed by atoms with van der Waals surface area (Å²) in [6.07, 6.45) is 1.51.